The normalized spacial score (nSPS) is 15.2. The number of nitrogens with two attached hydrogens (primary N) is 1. The summed E-state index contributed by atoms with van der Waals surface area (Å²) in [6.45, 7) is 5.36. The number of nitrogens with one attached hydrogen (secondary N) is 1. The first-order valence-corrected chi connectivity index (χ1v) is 16.2. The standard InChI is InChI=1S/C38H49N5O3/c1-38(2,39)24-14-19-35(44)41(3)34(28-30-20-22-32(23-21-30)31-17-10-6-11-18-31)37(46)42(4)33(27-29-15-8-5-9-16-29)36(45)40-43-25-12-7-13-26-43/h5-6,8-11,14-23,33-34H,7,12-13,24-28,39H2,1-4H3,(H,40,45)/b19-14+/t33-,34-/m1/s1. The Labute approximate surface area is 274 Å². The molecule has 1 fully saturated rings. The zero-order valence-corrected chi connectivity index (χ0v) is 27.7. The van der Waals surface area contributed by atoms with E-state index in [-0.39, 0.29) is 17.7 Å². The van der Waals surface area contributed by atoms with Crippen molar-refractivity contribution in [2.75, 3.05) is 27.2 Å². The first-order valence-electron chi connectivity index (χ1n) is 16.2. The quantitative estimate of drug-likeness (QED) is 0.262. The third kappa shape index (κ3) is 10.1. The molecule has 3 N–H and O–H groups in total. The highest BCUT2D eigenvalue weighted by molar-refractivity contribution is 5.95. The Morgan fingerprint density at radius 2 is 1.33 bits per heavy atom. The largest absolute Gasteiger partial charge is 0.332 e. The van der Waals surface area contributed by atoms with Gasteiger partial charge in [0.2, 0.25) is 11.8 Å². The molecule has 3 amide bonds. The van der Waals surface area contributed by atoms with E-state index in [1.165, 1.54) is 15.9 Å². The van der Waals surface area contributed by atoms with Gasteiger partial charge in [0, 0.05) is 45.6 Å². The van der Waals surface area contributed by atoms with Gasteiger partial charge in [-0.25, -0.2) is 5.01 Å². The number of nitrogens with zero attached hydrogens (tertiary/aromatic N) is 3. The summed E-state index contributed by atoms with van der Waals surface area (Å²) in [5, 5.41) is 1.95. The molecule has 0 aliphatic carbocycles. The van der Waals surface area contributed by atoms with Crippen molar-refractivity contribution in [2.24, 2.45) is 5.73 Å². The van der Waals surface area contributed by atoms with Crippen LogP contribution in [0.15, 0.2) is 97.1 Å². The van der Waals surface area contributed by atoms with Gasteiger partial charge in [-0.05, 0) is 61.4 Å². The summed E-state index contributed by atoms with van der Waals surface area (Å²) in [5.41, 5.74) is 12.8. The highest BCUT2D eigenvalue weighted by Gasteiger charge is 2.35. The van der Waals surface area contributed by atoms with E-state index in [1.807, 2.05) is 91.7 Å². The zero-order valence-electron chi connectivity index (χ0n) is 27.7. The average Bonchev–Trinajstić information content (AvgIpc) is 3.06. The van der Waals surface area contributed by atoms with Gasteiger partial charge in [-0.1, -0.05) is 97.4 Å². The summed E-state index contributed by atoms with van der Waals surface area (Å²) in [6, 6.07) is 26.3. The van der Waals surface area contributed by atoms with Gasteiger partial charge >= 0.3 is 0 Å². The van der Waals surface area contributed by atoms with Gasteiger partial charge in [-0.15, -0.1) is 0 Å². The van der Waals surface area contributed by atoms with Crippen LogP contribution in [-0.2, 0) is 27.2 Å². The van der Waals surface area contributed by atoms with Crippen LogP contribution in [0, 0.1) is 0 Å². The number of benzene rings is 3. The van der Waals surface area contributed by atoms with Crippen molar-refractivity contribution in [1.82, 2.24) is 20.2 Å². The molecule has 3 aromatic carbocycles. The van der Waals surface area contributed by atoms with Gasteiger partial charge in [0.1, 0.15) is 12.1 Å². The van der Waals surface area contributed by atoms with Crippen molar-refractivity contribution in [1.29, 1.82) is 0 Å². The average molecular weight is 624 g/mol. The van der Waals surface area contributed by atoms with E-state index in [2.05, 4.69) is 17.6 Å². The van der Waals surface area contributed by atoms with Crippen LogP contribution in [0.2, 0.25) is 0 Å². The van der Waals surface area contributed by atoms with E-state index in [0.717, 1.165) is 54.6 Å². The van der Waals surface area contributed by atoms with Crippen LogP contribution in [0.5, 0.6) is 0 Å². The summed E-state index contributed by atoms with van der Waals surface area (Å²) >= 11 is 0. The molecule has 4 rings (SSSR count). The number of hydrogen-bond donors (Lipinski definition) is 2. The minimum absolute atomic E-state index is 0.230. The number of likely N-dealkylation sites (N-methyl/N-ethyl adjacent to an activating group) is 2. The first-order chi connectivity index (χ1) is 22.0. The summed E-state index contributed by atoms with van der Waals surface area (Å²) in [5.74, 6) is -0.828. The van der Waals surface area contributed by atoms with E-state index >= 15 is 0 Å². The first kappa shape index (κ1) is 34.6. The number of hydrogen-bond acceptors (Lipinski definition) is 5. The maximum atomic E-state index is 14.4. The van der Waals surface area contributed by atoms with Gasteiger partial charge in [-0.3, -0.25) is 19.8 Å². The minimum Gasteiger partial charge on any atom is -0.332 e. The number of rotatable bonds is 13. The lowest BCUT2D eigenvalue weighted by molar-refractivity contribution is -0.147. The highest BCUT2D eigenvalue weighted by Crippen LogP contribution is 2.22. The van der Waals surface area contributed by atoms with Crippen molar-refractivity contribution in [3.63, 3.8) is 0 Å². The molecule has 2 atom stereocenters. The topological polar surface area (TPSA) is 99.0 Å². The highest BCUT2D eigenvalue weighted by atomic mass is 16.2. The smallest absolute Gasteiger partial charge is 0.257 e. The predicted molar refractivity (Wildman–Crippen MR) is 184 cm³/mol. The van der Waals surface area contributed by atoms with Gasteiger partial charge < -0.3 is 15.5 Å². The lowest BCUT2D eigenvalue weighted by Crippen LogP contribution is -2.58. The van der Waals surface area contributed by atoms with Crippen LogP contribution >= 0.6 is 0 Å². The van der Waals surface area contributed by atoms with E-state index < -0.39 is 17.6 Å². The minimum atomic E-state index is -0.836. The molecule has 0 radical (unpaired) electrons. The number of carbonyl (C=O) groups excluding carboxylic acids is 3. The molecule has 0 bridgehead atoms. The van der Waals surface area contributed by atoms with E-state index in [0.29, 0.717) is 19.3 Å². The molecule has 1 aliphatic rings. The van der Waals surface area contributed by atoms with Crippen molar-refractivity contribution in [2.45, 2.75) is 70.0 Å². The van der Waals surface area contributed by atoms with Crippen LogP contribution in [0.4, 0.5) is 0 Å². The molecule has 3 aromatic rings. The second-order valence-corrected chi connectivity index (χ2v) is 13.0. The maximum absolute atomic E-state index is 14.4. The zero-order chi connectivity index (χ0) is 33.1. The fourth-order valence-corrected chi connectivity index (χ4v) is 5.68. The van der Waals surface area contributed by atoms with E-state index in [1.54, 1.807) is 20.2 Å². The summed E-state index contributed by atoms with van der Waals surface area (Å²) in [4.78, 5) is 44.7. The molecule has 1 aliphatic heterocycles. The molecule has 244 valence electrons. The van der Waals surface area contributed by atoms with Gasteiger partial charge in [0.15, 0.2) is 0 Å². The number of hydrazine groups is 1. The Kier molecular flexibility index (Phi) is 12.3. The molecule has 0 saturated carbocycles. The summed E-state index contributed by atoms with van der Waals surface area (Å²) < 4.78 is 0. The molecule has 8 nitrogen and oxygen atoms in total. The lowest BCUT2D eigenvalue weighted by Gasteiger charge is -2.36. The second-order valence-electron chi connectivity index (χ2n) is 13.0. The molecule has 8 heteroatoms. The van der Waals surface area contributed by atoms with Crippen LogP contribution in [0.1, 0.15) is 50.7 Å². The fraction of sp³-hybridized carbons (Fsp3) is 0.395. The third-order valence-electron chi connectivity index (χ3n) is 8.51. The molecular weight excluding hydrogens is 574 g/mol. The molecule has 0 unspecified atom stereocenters. The maximum Gasteiger partial charge on any atom is 0.257 e. The van der Waals surface area contributed by atoms with Crippen molar-refractivity contribution >= 4 is 17.7 Å². The van der Waals surface area contributed by atoms with Crippen molar-refractivity contribution in [3.8, 4) is 11.1 Å². The Bertz CT molecular complexity index is 1450. The number of carbonyl (C=O) groups is 3. The Morgan fingerprint density at radius 1 is 0.783 bits per heavy atom. The fourth-order valence-electron chi connectivity index (χ4n) is 5.68. The Morgan fingerprint density at radius 3 is 1.93 bits per heavy atom. The van der Waals surface area contributed by atoms with E-state index in [9.17, 15) is 14.4 Å². The van der Waals surface area contributed by atoms with Gasteiger partial charge in [0.25, 0.3) is 5.91 Å². The van der Waals surface area contributed by atoms with E-state index in [4.69, 9.17) is 5.73 Å². The van der Waals surface area contributed by atoms with Crippen LogP contribution in [-0.4, -0.2) is 77.3 Å². The molecule has 1 saturated heterocycles. The monoisotopic (exact) mass is 623 g/mol. The molecule has 0 aromatic heterocycles. The predicted octanol–water partition coefficient (Wildman–Crippen LogP) is 4.99. The Hall–Kier alpha value is -4.27. The molecule has 1 heterocycles. The van der Waals surface area contributed by atoms with Crippen LogP contribution in [0.3, 0.4) is 0 Å². The van der Waals surface area contributed by atoms with Crippen LogP contribution in [0.25, 0.3) is 11.1 Å². The SMILES string of the molecule is CN(C(=O)/C=C/CC(C)(C)N)[C@H](Cc1ccc(-c2ccccc2)cc1)C(=O)N(C)[C@H](Cc1ccccc1)C(=O)NN1CCCCC1. The number of piperidine rings is 1. The molecular formula is C38H49N5O3. The van der Waals surface area contributed by atoms with Gasteiger partial charge in [0.05, 0.1) is 0 Å². The summed E-state index contributed by atoms with van der Waals surface area (Å²) in [6.07, 6.45) is 7.58. The van der Waals surface area contributed by atoms with Crippen molar-refractivity contribution in [3.05, 3.63) is 108 Å². The Balaban J connectivity index is 1.61. The third-order valence-corrected chi connectivity index (χ3v) is 8.51. The molecule has 0 spiro atoms. The summed E-state index contributed by atoms with van der Waals surface area (Å²) in [7, 11) is 3.32. The molecule has 46 heavy (non-hydrogen) atoms. The van der Waals surface area contributed by atoms with Crippen molar-refractivity contribution < 1.29 is 14.4 Å². The van der Waals surface area contributed by atoms with Gasteiger partial charge in [-0.2, -0.15) is 0 Å². The second kappa shape index (κ2) is 16.3. The van der Waals surface area contributed by atoms with Crippen LogP contribution < -0.4 is 11.2 Å². The number of amides is 3. The lowest BCUT2D eigenvalue weighted by atomic mass is 9.98.